The van der Waals surface area contributed by atoms with Crippen molar-refractivity contribution in [1.29, 1.82) is 0 Å². The average molecular weight is 254 g/mol. The molecule has 2 aromatic carbocycles. The number of benzene rings is 2. The van der Waals surface area contributed by atoms with E-state index in [1.54, 1.807) is 0 Å². The molecule has 0 aliphatic carbocycles. The second-order valence-electron chi connectivity index (χ2n) is 5.49. The summed E-state index contributed by atoms with van der Waals surface area (Å²) in [7, 11) is 0. The normalized spacial score (nSPS) is 10.6. The van der Waals surface area contributed by atoms with Gasteiger partial charge in [0.05, 0.1) is 0 Å². The number of rotatable bonds is 3. The molecule has 19 heavy (non-hydrogen) atoms. The van der Waals surface area contributed by atoms with Gasteiger partial charge in [-0.05, 0) is 74.6 Å². The first-order chi connectivity index (χ1) is 8.95. The molecule has 0 aliphatic rings. The first-order valence-corrected chi connectivity index (χ1v) is 6.73. The van der Waals surface area contributed by atoms with Gasteiger partial charge in [0.2, 0.25) is 0 Å². The maximum atomic E-state index is 5.96. The predicted octanol–water partition coefficient (Wildman–Crippen LogP) is 4.81. The Balaban J connectivity index is 2.19. The molecule has 0 bridgehead atoms. The zero-order valence-electron chi connectivity index (χ0n) is 12.5. The lowest BCUT2D eigenvalue weighted by Gasteiger charge is -2.13. The van der Waals surface area contributed by atoms with Gasteiger partial charge in [-0.15, -0.1) is 0 Å². The summed E-state index contributed by atoms with van der Waals surface area (Å²) in [6.07, 6.45) is 0. The fourth-order valence-corrected chi connectivity index (χ4v) is 2.61. The molecule has 0 aliphatic heterocycles. The lowest BCUT2D eigenvalue weighted by Crippen LogP contribution is -2.01. The van der Waals surface area contributed by atoms with Crippen LogP contribution >= 0.6 is 0 Å². The van der Waals surface area contributed by atoms with Gasteiger partial charge in [-0.3, -0.25) is 0 Å². The highest BCUT2D eigenvalue weighted by molar-refractivity contribution is 5.38. The number of ether oxygens (including phenoxy) is 1. The molecule has 0 radical (unpaired) electrons. The minimum absolute atomic E-state index is 0.640. The van der Waals surface area contributed by atoms with E-state index in [1.165, 1.54) is 33.4 Å². The Labute approximate surface area is 116 Å². The molecule has 0 unspecified atom stereocenters. The van der Waals surface area contributed by atoms with Crippen molar-refractivity contribution >= 4 is 0 Å². The van der Waals surface area contributed by atoms with E-state index >= 15 is 0 Å². The fraction of sp³-hybridized carbons (Fsp3) is 0.333. The molecule has 0 spiro atoms. The highest BCUT2D eigenvalue weighted by Gasteiger charge is 2.05. The molecule has 0 fully saturated rings. The first kappa shape index (κ1) is 13.7. The number of hydrogen-bond acceptors (Lipinski definition) is 1. The summed E-state index contributed by atoms with van der Waals surface area (Å²) in [4.78, 5) is 0. The molecule has 100 valence electrons. The number of hydrogen-bond donors (Lipinski definition) is 0. The van der Waals surface area contributed by atoms with E-state index in [4.69, 9.17) is 4.74 Å². The van der Waals surface area contributed by atoms with Gasteiger partial charge in [-0.2, -0.15) is 0 Å². The maximum absolute atomic E-state index is 5.96. The van der Waals surface area contributed by atoms with E-state index in [9.17, 15) is 0 Å². The summed E-state index contributed by atoms with van der Waals surface area (Å²) in [5, 5.41) is 0. The van der Waals surface area contributed by atoms with Crippen LogP contribution < -0.4 is 4.74 Å². The van der Waals surface area contributed by atoms with Gasteiger partial charge in [0.1, 0.15) is 12.4 Å². The molecule has 0 amide bonds. The maximum Gasteiger partial charge on any atom is 0.120 e. The predicted molar refractivity (Wildman–Crippen MR) is 80.9 cm³/mol. The van der Waals surface area contributed by atoms with Crippen LogP contribution in [0.15, 0.2) is 30.3 Å². The van der Waals surface area contributed by atoms with Gasteiger partial charge in [0.15, 0.2) is 0 Å². The van der Waals surface area contributed by atoms with Crippen molar-refractivity contribution in [2.45, 2.75) is 41.2 Å². The van der Waals surface area contributed by atoms with Gasteiger partial charge in [-0.25, -0.2) is 0 Å². The van der Waals surface area contributed by atoms with E-state index in [1.807, 2.05) is 0 Å². The van der Waals surface area contributed by atoms with Crippen LogP contribution in [0, 0.1) is 34.6 Å². The molecule has 0 aromatic heterocycles. The van der Waals surface area contributed by atoms with Crippen molar-refractivity contribution in [2.24, 2.45) is 0 Å². The standard InChI is InChI=1S/C18H22O/c1-12-6-13(2)10-17(9-12)19-11-18-15(4)7-14(3)8-16(18)5/h6-10H,11H2,1-5H3. The molecule has 0 atom stereocenters. The van der Waals surface area contributed by atoms with E-state index < -0.39 is 0 Å². The Kier molecular flexibility index (Phi) is 3.94. The summed E-state index contributed by atoms with van der Waals surface area (Å²) >= 11 is 0. The molecule has 1 heteroatoms. The Hall–Kier alpha value is -1.76. The molecule has 1 nitrogen and oxygen atoms in total. The van der Waals surface area contributed by atoms with Gasteiger partial charge >= 0.3 is 0 Å². The molecule has 0 saturated carbocycles. The van der Waals surface area contributed by atoms with Crippen LogP contribution in [-0.4, -0.2) is 0 Å². The highest BCUT2D eigenvalue weighted by atomic mass is 16.5. The zero-order valence-corrected chi connectivity index (χ0v) is 12.5. The van der Waals surface area contributed by atoms with Crippen LogP contribution in [0.5, 0.6) is 5.75 Å². The first-order valence-electron chi connectivity index (χ1n) is 6.73. The number of aryl methyl sites for hydroxylation is 5. The zero-order chi connectivity index (χ0) is 14.0. The van der Waals surface area contributed by atoms with Gasteiger partial charge in [0, 0.05) is 0 Å². The van der Waals surface area contributed by atoms with Crippen LogP contribution in [0.25, 0.3) is 0 Å². The molecule has 2 aromatic rings. The van der Waals surface area contributed by atoms with Crippen LogP contribution in [0.4, 0.5) is 0 Å². The SMILES string of the molecule is Cc1cc(C)cc(OCc2c(C)cc(C)cc2C)c1. The molecular formula is C18H22O. The topological polar surface area (TPSA) is 9.23 Å². The minimum atomic E-state index is 0.640. The largest absolute Gasteiger partial charge is 0.489 e. The van der Waals surface area contributed by atoms with Crippen LogP contribution in [-0.2, 0) is 6.61 Å². The molecule has 0 N–H and O–H groups in total. The Morgan fingerprint density at radius 3 is 1.68 bits per heavy atom. The van der Waals surface area contributed by atoms with Crippen molar-refractivity contribution < 1.29 is 4.74 Å². The Morgan fingerprint density at radius 2 is 1.16 bits per heavy atom. The van der Waals surface area contributed by atoms with E-state index in [-0.39, 0.29) is 0 Å². The van der Waals surface area contributed by atoms with Crippen molar-refractivity contribution in [2.75, 3.05) is 0 Å². The summed E-state index contributed by atoms with van der Waals surface area (Å²) in [5.74, 6) is 0.955. The van der Waals surface area contributed by atoms with E-state index in [2.05, 4.69) is 65.0 Å². The summed E-state index contributed by atoms with van der Waals surface area (Å²) < 4.78 is 5.96. The second-order valence-corrected chi connectivity index (χ2v) is 5.49. The van der Waals surface area contributed by atoms with Crippen molar-refractivity contribution in [3.05, 3.63) is 63.7 Å². The molecular weight excluding hydrogens is 232 g/mol. The molecule has 0 saturated heterocycles. The summed E-state index contributed by atoms with van der Waals surface area (Å²) in [6.45, 7) is 11.3. The third kappa shape index (κ3) is 3.37. The second kappa shape index (κ2) is 5.48. The third-order valence-electron chi connectivity index (χ3n) is 3.42. The minimum Gasteiger partial charge on any atom is -0.489 e. The quantitative estimate of drug-likeness (QED) is 0.764. The van der Waals surface area contributed by atoms with Crippen LogP contribution in [0.2, 0.25) is 0 Å². The molecule has 0 heterocycles. The molecule has 2 rings (SSSR count). The highest BCUT2D eigenvalue weighted by Crippen LogP contribution is 2.21. The third-order valence-corrected chi connectivity index (χ3v) is 3.42. The summed E-state index contributed by atoms with van der Waals surface area (Å²) in [5.41, 5.74) is 7.71. The van der Waals surface area contributed by atoms with Crippen molar-refractivity contribution in [3.63, 3.8) is 0 Å². The smallest absolute Gasteiger partial charge is 0.120 e. The van der Waals surface area contributed by atoms with E-state index in [0.717, 1.165) is 5.75 Å². The Morgan fingerprint density at radius 1 is 0.684 bits per heavy atom. The van der Waals surface area contributed by atoms with Gasteiger partial charge < -0.3 is 4.74 Å². The van der Waals surface area contributed by atoms with E-state index in [0.29, 0.717) is 6.61 Å². The lowest BCUT2D eigenvalue weighted by atomic mass is 10.0. The summed E-state index contributed by atoms with van der Waals surface area (Å²) in [6, 6.07) is 10.8. The van der Waals surface area contributed by atoms with Crippen molar-refractivity contribution in [1.82, 2.24) is 0 Å². The fourth-order valence-electron chi connectivity index (χ4n) is 2.61. The Bertz CT molecular complexity index is 553. The lowest BCUT2D eigenvalue weighted by molar-refractivity contribution is 0.304. The van der Waals surface area contributed by atoms with Crippen LogP contribution in [0.3, 0.4) is 0 Å². The van der Waals surface area contributed by atoms with Crippen molar-refractivity contribution in [3.8, 4) is 5.75 Å². The monoisotopic (exact) mass is 254 g/mol. The van der Waals surface area contributed by atoms with Gasteiger partial charge in [0.25, 0.3) is 0 Å². The van der Waals surface area contributed by atoms with Gasteiger partial charge in [-0.1, -0.05) is 23.8 Å². The average Bonchev–Trinajstić information content (AvgIpc) is 2.25. The van der Waals surface area contributed by atoms with Crippen LogP contribution in [0.1, 0.15) is 33.4 Å².